The Hall–Kier alpha value is -4.01. The van der Waals surface area contributed by atoms with Crippen LogP contribution in [-0.4, -0.2) is 56.9 Å². The zero-order chi connectivity index (χ0) is 26.6. The number of fused-ring (bicyclic) bond motifs is 2. The minimum absolute atomic E-state index is 0.00329. The molecule has 0 saturated carbocycles. The predicted molar refractivity (Wildman–Crippen MR) is 141 cm³/mol. The lowest BCUT2D eigenvalue weighted by Crippen LogP contribution is -2.34. The van der Waals surface area contributed by atoms with Gasteiger partial charge >= 0.3 is 0 Å². The lowest BCUT2D eigenvalue weighted by Gasteiger charge is -2.24. The predicted octanol–water partition coefficient (Wildman–Crippen LogP) is 4.95. The number of alkyl halides is 1. The van der Waals surface area contributed by atoms with Crippen LogP contribution < -0.4 is 4.90 Å². The van der Waals surface area contributed by atoms with Crippen LogP contribution in [0.5, 0.6) is 0 Å². The molecule has 2 atom stereocenters. The maximum Gasteiger partial charge on any atom is 0.257 e. The van der Waals surface area contributed by atoms with Gasteiger partial charge in [-0.3, -0.25) is 4.79 Å². The molecule has 38 heavy (non-hydrogen) atoms. The van der Waals surface area contributed by atoms with Gasteiger partial charge in [-0.25, -0.2) is 28.7 Å². The Kier molecular flexibility index (Phi) is 5.81. The third-order valence-corrected chi connectivity index (χ3v) is 7.47. The topological polar surface area (TPSA) is 75.1 Å². The van der Waals surface area contributed by atoms with Gasteiger partial charge in [-0.15, -0.1) is 0 Å². The molecule has 9 heteroatoms. The molecule has 7 nitrogen and oxygen atoms in total. The molecule has 0 radical (unpaired) electrons. The SMILES string of the molecule is Cc1cc(C(C)(C)F)nc(N2C[C@H]3CN(C(=O)c4c(F)cccc4-c4ncc5ccccc5n4)C[C@H]3C2)n1. The number of benzene rings is 2. The monoisotopic (exact) mass is 514 g/mol. The minimum atomic E-state index is -1.56. The van der Waals surface area contributed by atoms with E-state index in [-0.39, 0.29) is 23.3 Å². The molecule has 2 aliphatic rings. The fourth-order valence-electron chi connectivity index (χ4n) is 5.51. The maximum absolute atomic E-state index is 15.1. The molecule has 2 aromatic heterocycles. The van der Waals surface area contributed by atoms with E-state index >= 15 is 4.39 Å². The van der Waals surface area contributed by atoms with Crippen molar-refractivity contribution in [1.29, 1.82) is 0 Å². The molecule has 2 aromatic carbocycles. The van der Waals surface area contributed by atoms with Crippen molar-refractivity contribution in [3.05, 3.63) is 77.5 Å². The molecule has 0 spiro atoms. The number of para-hydroxylation sites is 1. The minimum Gasteiger partial charge on any atom is -0.340 e. The van der Waals surface area contributed by atoms with Gasteiger partial charge in [0, 0.05) is 60.9 Å². The molecule has 4 aromatic rings. The first-order valence-electron chi connectivity index (χ1n) is 12.8. The van der Waals surface area contributed by atoms with Gasteiger partial charge < -0.3 is 9.80 Å². The largest absolute Gasteiger partial charge is 0.340 e. The van der Waals surface area contributed by atoms with E-state index in [4.69, 9.17) is 0 Å². The molecule has 194 valence electrons. The number of carbonyl (C=O) groups excluding carboxylic acids is 1. The lowest BCUT2D eigenvalue weighted by atomic mass is 10.0. The van der Waals surface area contributed by atoms with E-state index in [0.29, 0.717) is 54.9 Å². The molecule has 6 rings (SSSR count). The number of aryl methyl sites for hydroxylation is 1. The number of amides is 1. The van der Waals surface area contributed by atoms with Crippen LogP contribution in [0.15, 0.2) is 54.7 Å². The van der Waals surface area contributed by atoms with E-state index in [9.17, 15) is 9.18 Å². The van der Waals surface area contributed by atoms with E-state index in [2.05, 4.69) is 24.8 Å². The second-order valence-electron chi connectivity index (χ2n) is 10.7. The summed E-state index contributed by atoms with van der Waals surface area (Å²) in [5.41, 5.74) is 0.622. The summed E-state index contributed by atoms with van der Waals surface area (Å²) < 4.78 is 29.7. The van der Waals surface area contributed by atoms with E-state index < -0.39 is 11.5 Å². The van der Waals surface area contributed by atoms with E-state index in [0.717, 1.165) is 10.9 Å². The highest BCUT2D eigenvalue weighted by molar-refractivity contribution is 6.01. The molecular weight excluding hydrogens is 486 g/mol. The Bertz CT molecular complexity index is 1540. The summed E-state index contributed by atoms with van der Waals surface area (Å²) in [5.74, 6) is 0.277. The van der Waals surface area contributed by atoms with Crippen molar-refractivity contribution < 1.29 is 13.6 Å². The highest BCUT2D eigenvalue weighted by Gasteiger charge is 2.43. The highest BCUT2D eigenvalue weighted by Crippen LogP contribution is 2.36. The molecule has 0 unspecified atom stereocenters. The number of rotatable bonds is 4. The molecule has 2 saturated heterocycles. The number of aromatic nitrogens is 4. The van der Waals surface area contributed by atoms with Crippen molar-refractivity contribution in [1.82, 2.24) is 24.8 Å². The van der Waals surface area contributed by atoms with Crippen LogP contribution >= 0.6 is 0 Å². The van der Waals surface area contributed by atoms with E-state index in [1.54, 1.807) is 29.3 Å². The van der Waals surface area contributed by atoms with Crippen LogP contribution in [-0.2, 0) is 5.67 Å². The number of hydrogen-bond donors (Lipinski definition) is 0. The number of halogens is 2. The molecule has 4 heterocycles. The number of anilines is 1. The summed E-state index contributed by atoms with van der Waals surface area (Å²) in [7, 11) is 0. The lowest BCUT2D eigenvalue weighted by molar-refractivity contribution is 0.0778. The first-order chi connectivity index (χ1) is 18.2. The normalized spacial score (nSPS) is 19.3. The molecule has 2 aliphatic heterocycles. The van der Waals surface area contributed by atoms with Gasteiger partial charge in [0.25, 0.3) is 5.91 Å². The van der Waals surface area contributed by atoms with Crippen LogP contribution in [0, 0.1) is 24.6 Å². The zero-order valence-corrected chi connectivity index (χ0v) is 21.5. The third-order valence-electron chi connectivity index (χ3n) is 7.47. The van der Waals surface area contributed by atoms with Crippen LogP contribution in [0.25, 0.3) is 22.3 Å². The van der Waals surface area contributed by atoms with Crippen LogP contribution in [0.2, 0.25) is 0 Å². The first-order valence-corrected chi connectivity index (χ1v) is 12.8. The molecule has 1 amide bonds. The number of hydrogen-bond acceptors (Lipinski definition) is 6. The summed E-state index contributed by atoms with van der Waals surface area (Å²) >= 11 is 0. The fourth-order valence-corrected chi connectivity index (χ4v) is 5.51. The van der Waals surface area contributed by atoms with Gasteiger partial charge in [0.1, 0.15) is 11.5 Å². The van der Waals surface area contributed by atoms with Gasteiger partial charge in [0.2, 0.25) is 5.95 Å². The molecule has 0 aliphatic carbocycles. The van der Waals surface area contributed by atoms with Crippen molar-refractivity contribution in [3.63, 3.8) is 0 Å². The van der Waals surface area contributed by atoms with Gasteiger partial charge in [-0.1, -0.05) is 30.3 Å². The zero-order valence-electron chi connectivity index (χ0n) is 21.5. The van der Waals surface area contributed by atoms with E-state index in [1.165, 1.54) is 19.9 Å². The highest BCUT2D eigenvalue weighted by atomic mass is 19.1. The summed E-state index contributed by atoms with van der Waals surface area (Å²) in [6.07, 6.45) is 1.69. The Labute approximate surface area is 219 Å². The molecule has 0 bridgehead atoms. The van der Waals surface area contributed by atoms with Crippen molar-refractivity contribution in [2.24, 2.45) is 11.8 Å². The smallest absolute Gasteiger partial charge is 0.257 e. The summed E-state index contributed by atoms with van der Waals surface area (Å²) in [5, 5.41) is 0.872. The van der Waals surface area contributed by atoms with Crippen molar-refractivity contribution in [2.75, 3.05) is 31.1 Å². The molecular formula is C29H28F2N6O. The van der Waals surface area contributed by atoms with Gasteiger partial charge in [-0.2, -0.15) is 0 Å². The Morgan fingerprint density at radius 1 is 0.974 bits per heavy atom. The Balaban J connectivity index is 1.23. The molecule has 2 fully saturated rings. The first kappa shape index (κ1) is 24.3. The third kappa shape index (κ3) is 4.36. The van der Waals surface area contributed by atoms with Gasteiger partial charge in [0.15, 0.2) is 5.82 Å². The summed E-state index contributed by atoms with van der Waals surface area (Å²) in [6, 6.07) is 13.8. The Morgan fingerprint density at radius 3 is 2.45 bits per heavy atom. The average molecular weight is 515 g/mol. The van der Waals surface area contributed by atoms with Gasteiger partial charge in [-0.05, 0) is 39.0 Å². The number of likely N-dealkylation sites (tertiary alicyclic amines) is 1. The number of nitrogens with zero attached hydrogens (tertiary/aromatic N) is 6. The second kappa shape index (κ2) is 9.08. The second-order valence-corrected chi connectivity index (χ2v) is 10.7. The van der Waals surface area contributed by atoms with Gasteiger partial charge in [0.05, 0.1) is 16.8 Å². The van der Waals surface area contributed by atoms with Crippen LogP contribution in [0.4, 0.5) is 14.7 Å². The summed E-state index contributed by atoms with van der Waals surface area (Å²) in [6.45, 7) is 7.12. The maximum atomic E-state index is 15.1. The van der Waals surface area contributed by atoms with Crippen molar-refractivity contribution >= 4 is 22.8 Å². The number of carbonyl (C=O) groups is 1. The quantitative estimate of drug-likeness (QED) is 0.384. The van der Waals surface area contributed by atoms with E-state index in [1.807, 2.05) is 31.2 Å². The fraction of sp³-hybridized carbons (Fsp3) is 0.345. The van der Waals surface area contributed by atoms with Crippen molar-refractivity contribution in [3.8, 4) is 11.4 Å². The molecule has 0 N–H and O–H groups in total. The van der Waals surface area contributed by atoms with Crippen LogP contribution in [0.1, 0.15) is 35.6 Å². The van der Waals surface area contributed by atoms with Crippen molar-refractivity contribution in [2.45, 2.75) is 26.4 Å². The Morgan fingerprint density at radius 2 is 1.71 bits per heavy atom. The summed E-state index contributed by atoms with van der Waals surface area (Å²) in [4.78, 5) is 35.5. The standard InChI is InChI=1S/C29H28F2N6O/c1-17-11-24(29(2,3)31)35-28(33-17)37-15-19-13-36(14-20(19)16-37)27(38)25-21(8-6-9-22(25)30)26-32-12-18-7-4-5-10-23(18)34-26/h4-12,19-20H,13-16H2,1-3H3/t19-,20+. The average Bonchev–Trinajstić information content (AvgIpc) is 3.47. The van der Waals surface area contributed by atoms with Crippen LogP contribution in [0.3, 0.4) is 0 Å².